The summed E-state index contributed by atoms with van der Waals surface area (Å²) in [7, 11) is 1.63. The highest BCUT2D eigenvalue weighted by Crippen LogP contribution is 2.39. The van der Waals surface area contributed by atoms with Crippen molar-refractivity contribution < 1.29 is 45.6 Å². The molecular weight excluding hydrogens is 720 g/mol. The molecule has 0 saturated carbocycles. The summed E-state index contributed by atoms with van der Waals surface area (Å²) in [5.74, 6) is -4.69. The fourth-order valence-electron chi connectivity index (χ4n) is 5.79. The molecule has 5 aromatic rings. The summed E-state index contributed by atoms with van der Waals surface area (Å²) >= 11 is 1.19. The van der Waals surface area contributed by atoms with E-state index in [-0.39, 0.29) is 25.2 Å². The Bertz CT molecular complexity index is 2140. The topological polar surface area (TPSA) is 134 Å². The normalized spacial score (nSPS) is 13.2. The van der Waals surface area contributed by atoms with Gasteiger partial charge >= 0.3 is 18.1 Å². The molecule has 0 fully saturated rings. The van der Waals surface area contributed by atoms with E-state index in [2.05, 4.69) is 20.5 Å². The number of nitrogens with zero attached hydrogens (tertiary/aromatic N) is 4. The Morgan fingerprint density at radius 3 is 2.40 bits per heavy atom. The van der Waals surface area contributed by atoms with E-state index in [1.807, 2.05) is 6.07 Å². The highest BCUT2D eigenvalue weighted by atomic mass is 32.1. The molecule has 5 rings (SSSR count). The van der Waals surface area contributed by atoms with Gasteiger partial charge in [0.05, 0.1) is 35.3 Å². The Kier molecular flexibility index (Phi) is 11.7. The van der Waals surface area contributed by atoms with Gasteiger partial charge < -0.3 is 14.8 Å². The zero-order valence-corrected chi connectivity index (χ0v) is 29.8. The maximum Gasteiger partial charge on any atom is 0.490 e. The molecule has 2 N–H and O–H groups in total. The molecule has 2 aromatic heterocycles. The van der Waals surface area contributed by atoms with E-state index < -0.39 is 53.4 Å². The van der Waals surface area contributed by atoms with Crippen molar-refractivity contribution in [1.29, 1.82) is 5.26 Å². The predicted octanol–water partition coefficient (Wildman–Crippen LogP) is 6.33. The summed E-state index contributed by atoms with van der Waals surface area (Å²) in [6.07, 6.45) is -5.05. The molecule has 0 saturated heterocycles. The van der Waals surface area contributed by atoms with E-state index in [9.17, 15) is 27.2 Å². The number of likely N-dealkylation sites (N-methyl/N-ethyl adjacent to an activating group) is 1. The van der Waals surface area contributed by atoms with Gasteiger partial charge in [-0.05, 0) is 87.3 Å². The van der Waals surface area contributed by atoms with Crippen LogP contribution in [-0.4, -0.2) is 46.4 Å². The molecule has 2 unspecified atom stereocenters. The second-order valence-electron chi connectivity index (χ2n) is 12.4. The molecule has 0 aliphatic rings. The maximum atomic E-state index is 15.7. The number of aryl methyl sites for hydroxylation is 3. The maximum absolute atomic E-state index is 15.7. The number of hydrogen-bond donors (Lipinski definition) is 2. The van der Waals surface area contributed by atoms with Crippen LogP contribution in [-0.2, 0) is 39.3 Å². The van der Waals surface area contributed by atoms with Gasteiger partial charge in [0, 0.05) is 34.1 Å². The molecule has 0 amide bonds. The third kappa shape index (κ3) is 9.10. The third-order valence-corrected chi connectivity index (χ3v) is 9.51. The van der Waals surface area contributed by atoms with Gasteiger partial charge in [0.25, 0.3) is 6.33 Å². The number of hydrogen-bond acceptors (Lipinski definition) is 9. The van der Waals surface area contributed by atoms with Gasteiger partial charge in [-0.1, -0.05) is 12.1 Å². The zero-order chi connectivity index (χ0) is 38.5. The summed E-state index contributed by atoms with van der Waals surface area (Å²) in [5, 5.41) is 20.9. The van der Waals surface area contributed by atoms with E-state index in [1.165, 1.54) is 17.7 Å². The van der Waals surface area contributed by atoms with Crippen LogP contribution in [0.5, 0.6) is 5.75 Å². The average Bonchev–Trinajstić information content (AvgIpc) is 3.77. The average molecular weight is 754 g/mol. The van der Waals surface area contributed by atoms with Crippen molar-refractivity contribution in [3.05, 3.63) is 117 Å². The smallest absolute Gasteiger partial charge is 0.447 e. The molecule has 53 heavy (non-hydrogen) atoms. The molecule has 0 aliphatic heterocycles. The van der Waals surface area contributed by atoms with Gasteiger partial charge in [-0.25, -0.2) is 27.9 Å². The number of benzene rings is 3. The minimum absolute atomic E-state index is 0.0677. The van der Waals surface area contributed by atoms with Crippen LogP contribution in [0.3, 0.4) is 0 Å². The standard InChI is InChI=1S/C37H33F5N6O4S/c1-21-13-25(14-22(2)33(21)51-34(49)23(3)44-4)18-48-20-45-47-31(48)16-36(52-35(50)37(40,41)42,28-10-9-27(38)15-29(28)39)12-11-32-46-30(19-53-32)26-7-5-24(17-43)6-8-26/h5-10,13-15,19-20,23,44H,11-12,16,18H2,1-4H3/p+1. The van der Waals surface area contributed by atoms with Crippen molar-refractivity contribution in [1.82, 2.24) is 20.5 Å². The van der Waals surface area contributed by atoms with Crippen LogP contribution >= 0.6 is 11.3 Å². The van der Waals surface area contributed by atoms with E-state index in [0.29, 0.717) is 50.3 Å². The van der Waals surface area contributed by atoms with Crippen molar-refractivity contribution in [2.24, 2.45) is 0 Å². The summed E-state index contributed by atoms with van der Waals surface area (Å²) in [6, 6.07) is 14.0. The molecule has 3 aromatic carbocycles. The lowest BCUT2D eigenvalue weighted by Crippen LogP contribution is -2.45. The van der Waals surface area contributed by atoms with Crippen molar-refractivity contribution in [2.75, 3.05) is 7.05 Å². The highest BCUT2D eigenvalue weighted by Gasteiger charge is 2.49. The highest BCUT2D eigenvalue weighted by molar-refractivity contribution is 7.09. The molecule has 2 heterocycles. The van der Waals surface area contributed by atoms with Crippen LogP contribution in [0.15, 0.2) is 66.3 Å². The molecule has 10 nitrogen and oxygen atoms in total. The third-order valence-electron chi connectivity index (χ3n) is 8.60. The number of thiazole rings is 1. The van der Waals surface area contributed by atoms with E-state index >= 15 is 4.39 Å². The zero-order valence-electron chi connectivity index (χ0n) is 29.0. The first-order chi connectivity index (χ1) is 25.1. The van der Waals surface area contributed by atoms with Crippen LogP contribution in [0.4, 0.5) is 22.0 Å². The molecular formula is C37H34F5N6O4S+. The summed E-state index contributed by atoms with van der Waals surface area (Å²) in [4.78, 5) is 29.6. The number of carbonyl (C=O) groups is 2. The van der Waals surface area contributed by atoms with Gasteiger partial charge in [-0.3, -0.25) is 0 Å². The summed E-state index contributed by atoms with van der Waals surface area (Å²) in [5.41, 5.74) is 0.866. The van der Waals surface area contributed by atoms with E-state index in [0.717, 1.165) is 12.1 Å². The first-order valence-corrected chi connectivity index (χ1v) is 17.1. The van der Waals surface area contributed by atoms with Gasteiger partial charge in [-0.2, -0.15) is 18.4 Å². The lowest BCUT2D eigenvalue weighted by Gasteiger charge is -2.33. The van der Waals surface area contributed by atoms with Gasteiger partial charge in [0.1, 0.15) is 23.4 Å². The Hall–Kier alpha value is -5.53. The minimum atomic E-state index is -5.44. The Balaban J connectivity index is 1.51. The second kappa shape index (κ2) is 16.0. The Labute approximate surface area is 305 Å². The van der Waals surface area contributed by atoms with Crippen LogP contribution in [0.2, 0.25) is 0 Å². The summed E-state index contributed by atoms with van der Waals surface area (Å²) in [6.45, 7) is 5.29. The Morgan fingerprint density at radius 1 is 1.08 bits per heavy atom. The van der Waals surface area contributed by atoms with E-state index in [4.69, 9.17) is 14.7 Å². The minimum Gasteiger partial charge on any atom is -0.447 e. The van der Waals surface area contributed by atoms with Crippen molar-refractivity contribution >= 4 is 23.3 Å². The number of rotatable bonds is 13. The fraction of sp³-hybridized carbons (Fsp3) is 0.297. The molecule has 0 aliphatic carbocycles. The number of nitriles is 1. The fourth-order valence-corrected chi connectivity index (χ4v) is 6.60. The van der Waals surface area contributed by atoms with E-state index in [1.54, 1.807) is 74.2 Å². The molecule has 0 spiro atoms. The van der Waals surface area contributed by atoms with Crippen molar-refractivity contribution in [3.8, 4) is 23.1 Å². The monoisotopic (exact) mass is 753 g/mol. The first kappa shape index (κ1) is 38.7. The first-order valence-electron chi connectivity index (χ1n) is 16.2. The molecule has 0 radical (unpaired) electrons. The molecule has 2 atom stereocenters. The van der Waals surface area contributed by atoms with Crippen molar-refractivity contribution in [3.63, 3.8) is 0 Å². The number of nitrogens with one attached hydrogen (secondary N) is 2. The van der Waals surface area contributed by atoms with Crippen LogP contribution < -0.4 is 14.6 Å². The summed E-state index contributed by atoms with van der Waals surface area (Å²) < 4.78 is 83.7. The quantitative estimate of drug-likeness (QED) is 0.0618. The number of alkyl halides is 3. The van der Waals surface area contributed by atoms with Crippen LogP contribution in [0.1, 0.15) is 52.0 Å². The van der Waals surface area contributed by atoms with Crippen LogP contribution in [0, 0.1) is 36.8 Å². The second-order valence-corrected chi connectivity index (χ2v) is 13.4. The number of esters is 2. The van der Waals surface area contributed by atoms with Crippen molar-refractivity contribution in [2.45, 2.75) is 64.4 Å². The predicted molar refractivity (Wildman–Crippen MR) is 182 cm³/mol. The molecule has 276 valence electrons. The van der Waals surface area contributed by atoms with Crippen LogP contribution in [0.25, 0.3) is 11.3 Å². The van der Waals surface area contributed by atoms with Gasteiger partial charge in [-0.15, -0.1) is 16.4 Å². The number of carbonyl (C=O) groups excluding carboxylic acids is 2. The number of ether oxygens (including phenoxy) is 2. The Morgan fingerprint density at radius 2 is 1.77 bits per heavy atom. The largest absolute Gasteiger partial charge is 0.490 e. The number of halogens is 5. The van der Waals surface area contributed by atoms with Gasteiger partial charge in [0.15, 0.2) is 5.60 Å². The SMILES string of the molecule is CNC(C)C(=O)Oc1c(C)cc(C[n+]2cn[nH]c2CC(CCc2nc(-c3ccc(C#N)cc3)cs2)(OC(=O)C(F)(F)F)c2ccc(F)cc2F)cc1C. The number of aromatic amines is 1. The molecule has 0 bridgehead atoms. The lowest BCUT2D eigenvalue weighted by atomic mass is 9.84. The van der Waals surface area contributed by atoms with Gasteiger partial charge in [0.2, 0.25) is 5.82 Å². The number of aromatic nitrogens is 4. The lowest BCUT2D eigenvalue weighted by molar-refractivity contribution is -0.696. The number of H-pyrrole nitrogens is 1. The molecule has 16 heteroatoms.